The maximum atomic E-state index is 12.5. The molecule has 0 aromatic carbocycles. The smallest absolute Gasteiger partial charge is 0.312 e. The van der Waals surface area contributed by atoms with Crippen molar-refractivity contribution in [1.29, 1.82) is 0 Å². The summed E-state index contributed by atoms with van der Waals surface area (Å²) in [7, 11) is 0. The third-order valence-electron chi connectivity index (χ3n) is 2.82. The number of alkyl halides is 3. The van der Waals surface area contributed by atoms with E-state index in [-0.39, 0.29) is 0 Å². The van der Waals surface area contributed by atoms with E-state index >= 15 is 0 Å². The monoisotopic (exact) mass is 278 g/mol. The summed E-state index contributed by atoms with van der Waals surface area (Å²) < 4.78 is 37.5. The zero-order valence-corrected chi connectivity index (χ0v) is 10.5. The molecule has 0 aliphatic carbocycles. The maximum Gasteiger partial charge on any atom is 0.406 e. The van der Waals surface area contributed by atoms with Crippen molar-refractivity contribution < 1.29 is 18.0 Å². The highest BCUT2D eigenvalue weighted by molar-refractivity contribution is 7.10. The second-order valence-electron chi connectivity index (χ2n) is 4.13. The first-order valence-corrected chi connectivity index (χ1v) is 6.47. The maximum absolute atomic E-state index is 12.5. The number of nitrogens with one attached hydrogen (secondary N) is 1. The zero-order valence-electron chi connectivity index (χ0n) is 9.70. The molecule has 1 aliphatic heterocycles. The minimum Gasteiger partial charge on any atom is -0.312 e. The molecule has 0 spiro atoms. The van der Waals surface area contributed by atoms with Crippen molar-refractivity contribution >= 4 is 17.2 Å². The number of nitrogens with zero attached hydrogens (tertiary/aromatic N) is 1. The van der Waals surface area contributed by atoms with Gasteiger partial charge in [-0.25, -0.2) is 0 Å². The molecule has 100 valence electrons. The second kappa shape index (κ2) is 4.89. The van der Waals surface area contributed by atoms with Crippen molar-refractivity contribution in [3.8, 4) is 0 Å². The van der Waals surface area contributed by atoms with Gasteiger partial charge in [-0.1, -0.05) is 13.0 Å². The molecule has 2 rings (SSSR count). The van der Waals surface area contributed by atoms with E-state index in [4.69, 9.17) is 0 Å². The van der Waals surface area contributed by atoms with Gasteiger partial charge in [-0.15, -0.1) is 11.3 Å². The van der Waals surface area contributed by atoms with Gasteiger partial charge in [0.1, 0.15) is 12.7 Å². The highest BCUT2D eigenvalue weighted by Gasteiger charge is 2.44. The molecule has 1 amide bonds. The van der Waals surface area contributed by atoms with Gasteiger partial charge in [-0.05, 0) is 17.9 Å². The van der Waals surface area contributed by atoms with Crippen LogP contribution < -0.4 is 5.32 Å². The summed E-state index contributed by atoms with van der Waals surface area (Å²) in [5.41, 5.74) is 0. The van der Waals surface area contributed by atoms with Crippen LogP contribution in [0.4, 0.5) is 13.2 Å². The largest absolute Gasteiger partial charge is 0.406 e. The van der Waals surface area contributed by atoms with Crippen LogP contribution in [0.25, 0.3) is 0 Å². The standard InChI is InChI=1S/C11H13F3N2OS/c1-2-7-10(17)16(6-11(12,13)14)9(15-7)8-4-3-5-18-8/h3-5,7,9,15H,2,6H2,1H3. The number of hydrogen-bond acceptors (Lipinski definition) is 3. The predicted molar refractivity (Wildman–Crippen MR) is 62.0 cm³/mol. The Hall–Kier alpha value is -1.08. The molecule has 7 heteroatoms. The Morgan fingerprint density at radius 1 is 1.50 bits per heavy atom. The Bertz CT molecular complexity index is 418. The van der Waals surface area contributed by atoms with Gasteiger partial charge in [0, 0.05) is 4.88 Å². The lowest BCUT2D eigenvalue weighted by molar-refractivity contribution is -0.161. The molecule has 2 unspecified atom stereocenters. The van der Waals surface area contributed by atoms with Gasteiger partial charge in [-0.3, -0.25) is 10.1 Å². The van der Waals surface area contributed by atoms with E-state index in [1.807, 2.05) is 0 Å². The Balaban J connectivity index is 2.23. The van der Waals surface area contributed by atoms with Crippen molar-refractivity contribution in [3.05, 3.63) is 22.4 Å². The summed E-state index contributed by atoms with van der Waals surface area (Å²) in [6.45, 7) is 0.566. The lowest BCUT2D eigenvalue weighted by Crippen LogP contribution is -2.38. The van der Waals surface area contributed by atoms with Crippen molar-refractivity contribution in [2.45, 2.75) is 31.7 Å². The summed E-state index contributed by atoms with van der Waals surface area (Å²) in [6, 6.07) is 2.97. The second-order valence-corrected chi connectivity index (χ2v) is 5.11. The van der Waals surface area contributed by atoms with E-state index in [2.05, 4.69) is 5.32 Å². The van der Waals surface area contributed by atoms with Gasteiger partial charge < -0.3 is 4.90 Å². The molecule has 1 aromatic heterocycles. The van der Waals surface area contributed by atoms with Gasteiger partial charge in [0.05, 0.1) is 6.04 Å². The molecule has 1 N–H and O–H groups in total. The molecule has 2 atom stereocenters. The van der Waals surface area contributed by atoms with Gasteiger partial charge in [0.25, 0.3) is 0 Å². The molecule has 0 saturated carbocycles. The third kappa shape index (κ3) is 2.67. The summed E-state index contributed by atoms with van der Waals surface area (Å²) in [4.78, 5) is 13.5. The number of rotatable bonds is 3. The molecule has 0 radical (unpaired) electrons. The first kappa shape index (κ1) is 13.4. The average molecular weight is 278 g/mol. The predicted octanol–water partition coefficient (Wildman–Crippen LogP) is 2.52. The number of carbonyl (C=O) groups excluding carboxylic acids is 1. The summed E-state index contributed by atoms with van der Waals surface area (Å²) in [6.07, 6.45) is -4.56. The lowest BCUT2D eigenvalue weighted by Gasteiger charge is -2.24. The van der Waals surface area contributed by atoms with Crippen molar-refractivity contribution in [3.63, 3.8) is 0 Å². The lowest BCUT2D eigenvalue weighted by atomic mass is 10.2. The van der Waals surface area contributed by atoms with E-state index < -0.39 is 30.8 Å². The molecule has 1 aromatic rings. The molecular formula is C11H13F3N2OS. The SMILES string of the molecule is CCC1NC(c2cccs2)N(CC(F)(F)F)C1=O. The first-order valence-electron chi connectivity index (χ1n) is 5.59. The van der Waals surface area contributed by atoms with Gasteiger partial charge in [0.2, 0.25) is 5.91 Å². The fourth-order valence-electron chi connectivity index (χ4n) is 2.02. The van der Waals surface area contributed by atoms with Crippen LogP contribution in [0, 0.1) is 0 Å². The molecule has 18 heavy (non-hydrogen) atoms. The van der Waals surface area contributed by atoms with Crippen molar-refractivity contribution in [2.24, 2.45) is 0 Å². The Labute approximate surface area is 107 Å². The number of halogens is 3. The van der Waals surface area contributed by atoms with Gasteiger partial charge in [-0.2, -0.15) is 13.2 Å². The van der Waals surface area contributed by atoms with Crippen LogP contribution >= 0.6 is 11.3 Å². The fraction of sp³-hybridized carbons (Fsp3) is 0.545. The summed E-state index contributed by atoms with van der Waals surface area (Å²) >= 11 is 1.34. The number of amides is 1. The fourth-order valence-corrected chi connectivity index (χ4v) is 2.81. The molecule has 1 aliphatic rings. The Kier molecular flexibility index (Phi) is 3.63. The molecule has 3 nitrogen and oxygen atoms in total. The van der Waals surface area contributed by atoms with E-state index in [9.17, 15) is 18.0 Å². The van der Waals surface area contributed by atoms with Crippen LogP contribution in [0.3, 0.4) is 0 Å². The molecule has 1 saturated heterocycles. The normalized spacial score (nSPS) is 24.9. The molecule has 2 heterocycles. The number of hydrogen-bond donors (Lipinski definition) is 1. The number of thiophene rings is 1. The molecule has 1 fully saturated rings. The van der Waals surface area contributed by atoms with Crippen LogP contribution in [-0.4, -0.2) is 29.6 Å². The Morgan fingerprint density at radius 3 is 2.72 bits per heavy atom. The van der Waals surface area contributed by atoms with Crippen molar-refractivity contribution in [2.75, 3.05) is 6.54 Å². The quantitative estimate of drug-likeness (QED) is 0.921. The molecule has 0 bridgehead atoms. The van der Waals surface area contributed by atoms with Crippen LogP contribution in [-0.2, 0) is 4.79 Å². The third-order valence-corrected chi connectivity index (χ3v) is 3.75. The first-order chi connectivity index (χ1) is 8.42. The zero-order chi connectivity index (χ0) is 13.3. The van der Waals surface area contributed by atoms with E-state index in [0.717, 1.165) is 9.78 Å². The summed E-state index contributed by atoms with van der Waals surface area (Å²) in [5, 5.41) is 4.74. The van der Waals surface area contributed by atoms with E-state index in [0.29, 0.717) is 6.42 Å². The van der Waals surface area contributed by atoms with Crippen LogP contribution in [0.5, 0.6) is 0 Å². The average Bonchev–Trinajstić information content (AvgIpc) is 2.87. The summed E-state index contributed by atoms with van der Waals surface area (Å²) in [5.74, 6) is -0.478. The van der Waals surface area contributed by atoms with Crippen LogP contribution in [0.2, 0.25) is 0 Å². The Morgan fingerprint density at radius 2 is 2.22 bits per heavy atom. The van der Waals surface area contributed by atoms with Gasteiger partial charge >= 0.3 is 6.18 Å². The highest BCUT2D eigenvalue weighted by atomic mass is 32.1. The minimum atomic E-state index is -4.38. The van der Waals surface area contributed by atoms with Crippen LogP contribution in [0.1, 0.15) is 24.4 Å². The molecular weight excluding hydrogens is 265 g/mol. The van der Waals surface area contributed by atoms with Gasteiger partial charge in [0.15, 0.2) is 0 Å². The van der Waals surface area contributed by atoms with E-state index in [1.165, 1.54) is 11.3 Å². The number of carbonyl (C=O) groups is 1. The minimum absolute atomic E-state index is 0.478. The van der Waals surface area contributed by atoms with E-state index in [1.54, 1.807) is 24.4 Å². The highest BCUT2D eigenvalue weighted by Crippen LogP contribution is 2.32. The topological polar surface area (TPSA) is 32.3 Å². The van der Waals surface area contributed by atoms with Crippen molar-refractivity contribution in [1.82, 2.24) is 10.2 Å². The van der Waals surface area contributed by atoms with Crippen LogP contribution in [0.15, 0.2) is 17.5 Å².